The van der Waals surface area contributed by atoms with Gasteiger partial charge >= 0.3 is 0 Å². The molecule has 0 aromatic rings. The van der Waals surface area contributed by atoms with Crippen LogP contribution in [0.25, 0.3) is 0 Å². The Kier molecular flexibility index (Phi) is 2.73. The molecule has 54 valence electrons. The zero-order valence-corrected chi connectivity index (χ0v) is 7.52. The summed E-state index contributed by atoms with van der Waals surface area (Å²) in [5.41, 5.74) is 0. The summed E-state index contributed by atoms with van der Waals surface area (Å²) in [6.07, 6.45) is 2.20. The van der Waals surface area contributed by atoms with Gasteiger partial charge in [0.1, 0.15) is 0 Å². The summed E-state index contributed by atoms with van der Waals surface area (Å²) >= 11 is 2.36. The summed E-state index contributed by atoms with van der Waals surface area (Å²) in [7, 11) is 0. The number of hydrogen-bond acceptors (Lipinski definition) is 2. The van der Waals surface area contributed by atoms with Crippen LogP contribution in [0.2, 0.25) is 0 Å². The van der Waals surface area contributed by atoms with Crippen molar-refractivity contribution in [2.24, 2.45) is 0 Å². The van der Waals surface area contributed by atoms with Gasteiger partial charge in [-0.1, -0.05) is 22.6 Å². The lowest BCUT2D eigenvalue weighted by Gasteiger charge is -2.29. The quantitative estimate of drug-likeness (QED) is 0.518. The number of halogens is 1. The fraction of sp³-hybridized carbons (Fsp3) is 1.00. The standard InChI is InChI=1S/C6H12INO/c7-6(5-9)1-3-8-4-2-6/h8-9H,1-5H2. The average molecular weight is 241 g/mol. The Bertz CT molecular complexity index is 91.1. The van der Waals surface area contributed by atoms with Gasteiger partial charge in [0.05, 0.1) is 6.61 Å². The Morgan fingerprint density at radius 2 is 2.00 bits per heavy atom. The monoisotopic (exact) mass is 241 g/mol. The number of alkyl halides is 1. The van der Waals surface area contributed by atoms with E-state index in [-0.39, 0.29) is 3.42 Å². The molecule has 1 heterocycles. The van der Waals surface area contributed by atoms with Gasteiger partial charge in [-0.3, -0.25) is 0 Å². The van der Waals surface area contributed by atoms with E-state index in [9.17, 15) is 0 Å². The van der Waals surface area contributed by atoms with E-state index in [1.165, 1.54) is 0 Å². The van der Waals surface area contributed by atoms with E-state index < -0.39 is 0 Å². The van der Waals surface area contributed by atoms with Gasteiger partial charge in [0, 0.05) is 3.42 Å². The van der Waals surface area contributed by atoms with Crippen molar-refractivity contribution < 1.29 is 5.11 Å². The first-order chi connectivity index (χ1) is 4.27. The predicted octanol–water partition coefficient (Wildman–Crippen LogP) is 0.536. The Morgan fingerprint density at radius 3 is 2.33 bits per heavy atom. The molecule has 9 heavy (non-hydrogen) atoms. The Morgan fingerprint density at radius 1 is 1.44 bits per heavy atom. The zero-order valence-electron chi connectivity index (χ0n) is 5.36. The van der Waals surface area contributed by atoms with Crippen molar-refractivity contribution in [3.8, 4) is 0 Å². The second kappa shape index (κ2) is 3.16. The van der Waals surface area contributed by atoms with Crippen LogP contribution in [0, 0.1) is 0 Å². The number of hydrogen-bond donors (Lipinski definition) is 2. The fourth-order valence-corrected chi connectivity index (χ4v) is 1.57. The normalized spacial score (nSPS) is 26.0. The summed E-state index contributed by atoms with van der Waals surface area (Å²) < 4.78 is 0.184. The lowest BCUT2D eigenvalue weighted by atomic mass is 9.99. The molecule has 0 aromatic carbocycles. The molecule has 0 atom stereocenters. The lowest BCUT2D eigenvalue weighted by Crippen LogP contribution is -2.39. The topological polar surface area (TPSA) is 32.3 Å². The third-order valence-corrected chi connectivity index (χ3v) is 3.20. The van der Waals surface area contributed by atoms with Crippen molar-refractivity contribution in [3.05, 3.63) is 0 Å². The summed E-state index contributed by atoms with van der Waals surface area (Å²) in [4.78, 5) is 0. The third kappa shape index (κ3) is 2.05. The molecule has 1 saturated heterocycles. The smallest absolute Gasteiger partial charge is 0.0578 e. The molecule has 1 fully saturated rings. The molecule has 3 heteroatoms. The highest BCUT2D eigenvalue weighted by molar-refractivity contribution is 14.1. The maximum atomic E-state index is 8.91. The highest BCUT2D eigenvalue weighted by Crippen LogP contribution is 2.27. The van der Waals surface area contributed by atoms with Crippen molar-refractivity contribution in [1.82, 2.24) is 5.32 Å². The summed E-state index contributed by atoms with van der Waals surface area (Å²) in [6.45, 7) is 2.45. The van der Waals surface area contributed by atoms with Crippen LogP contribution >= 0.6 is 22.6 Å². The lowest BCUT2D eigenvalue weighted by molar-refractivity contribution is 0.229. The van der Waals surface area contributed by atoms with E-state index in [1.54, 1.807) is 0 Å². The van der Waals surface area contributed by atoms with Crippen LogP contribution in [-0.2, 0) is 0 Å². The van der Waals surface area contributed by atoms with Crippen LogP contribution in [0.15, 0.2) is 0 Å². The molecule has 1 aliphatic heterocycles. The first-order valence-corrected chi connectivity index (χ1v) is 4.35. The van der Waals surface area contributed by atoms with Crippen molar-refractivity contribution in [3.63, 3.8) is 0 Å². The fourth-order valence-electron chi connectivity index (χ4n) is 1.03. The molecule has 0 aliphatic carbocycles. The Hall–Kier alpha value is 0.650. The first-order valence-electron chi connectivity index (χ1n) is 3.27. The minimum atomic E-state index is 0.184. The van der Waals surface area contributed by atoms with Gasteiger partial charge < -0.3 is 10.4 Å². The SMILES string of the molecule is OCC1(I)CCNCC1. The van der Waals surface area contributed by atoms with Crippen LogP contribution in [-0.4, -0.2) is 28.2 Å². The molecule has 0 radical (unpaired) electrons. The van der Waals surface area contributed by atoms with E-state index in [0.717, 1.165) is 25.9 Å². The van der Waals surface area contributed by atoms with Gasteiger partial charge in [-0.2, -0.15) is 0 Å². The molecule has 1 rings (SSSR count). The molecule has 0 aromatic heterocycles. The molecule has 0 amide bonds. The van der Waals surface area contributed by atoms with Gasteiger partial charge in [-0.25, -0.2) is 0 Å². The van der Waals surface area contributed by atoms with Crippen LogP contribution in [0.1, 0.15) is 12.8 Å². The number of rotatable bonds is 1. The van der Waals surface area contributed by atoms with Crippen LogP contribution < -0.4 is 5.32 Å². The molecule has 2 N–H and O–H groups in total. The molecule has 0 unspecified atom stereocenters. The average Bonchev–Trinajstić information content (AvgIpc) is 1.90. The minimum absolute atomic E-state index is 0.184. The second-order valence-electron chi connectivity index (χ2n) is 2.56. The summed E-state index contributed by atoms with van der Waals surface area (Å²) in [5.74, 6) is 0. The molecule has 0 saturated carbocycles. The van der Waals surface area contributed by atoms with E-state index in [2.05, 4.69) is 27.9 Å². The van der Waals surface area contributed by atoms with Crippen molar-refractivity contribution in [1.29, 1.82) is 0 Å². The molecular formula is C6H12INO. The van der Waals surface area contributed by atoms with Crippen molar-refractivity contribution >= 4 is 22.6 Å². The highest BCUT2D eigenvalue weighted by Gasteiger charge is 2.27. The first kappa shape index (κ1) is 7.75. The number of piperidine rings is 1. The Labute approximate surface area is 69.2 Å². The second-order valence-corrected chi connectivity index (χ2v) is 4.85. The van der Waals surface area contributed by atoms with E-state index in [1.807, 2.05) is 0 Å². The maximum Gasteiger partial charge on any atom is 0.0578 e. The van der Waals surface area contributed by atoms with E-state index in [4.69, 9.17) is 5.11 Å². The largest absolute Gasteiger partial charge is 0.395 e. The highest BCUT2D eigenvalue weighted by atomic mass is 127. The summed E-state index contributed by atoms with van der Waals surface area (Å²) in [5, 5.41) is 12.2. The van der Waals surface area contributed by atoms with Gasteiger partial charge in [-0.05, 0) is 25.9 Å². The van der Waals surface area contributed by atoms with Gasteiger partial charge in [-0.15, -0.1) is 0 Å². The Balaban J connectivity index is 2.37. The van der Waals surface area contributed by atoms with E-state index in [0.29, 0.717) is 6.61 Å². The number of aliphatic hydroxyl groups excluding tert-OH is 1. The molecule has 2 nitrogen and oxygen atoms in total. The van der Waals surface area contributed by atoms with Crippen molar-refractivity contribution in [2.75, 3.05) is 19.7 Å². The van der Waals surface area contributed by atoms with Crippen LogP contribution in [0.3, 0.4) is 0 Å². The third-order valence-electron chi connectivity index (χ3n) is 1.78. The maximum absolute atomic E-state index is 8.91. The summed E-state index contributed by atoms with van der Waals surface area (Å²) in [6, 6.07) is 0. The zero-order chi connectivity index (χ0) is 6.74. The van der Waals surface area contributed by atoms with Gasteiger partial charge in [0.15, 0.2) is 0 Å². The molecule has 1 aliphatic rings. The molecule has 0 spiro atoms. The molecule has 0 bridgehead atoms. The van der Waals surface area contributed by atoms with Crippen LogP contribution in [0.4, 0.5) is 0 Å². The van der Waals surface area contributed by atoms with Gasteiger partial charge in [0.25, 0.3) is 0 Å². The van der Waals surface area contributed by atoms with Crippen LogP contribution in [0.5, 0.6) is 0 Å². The molecular weight excluding hydrogens is 229 g/mol. The van der Waals surface area contributed by atoms with E-state index >= 15 is 0 Å². The predicted molar refractivity (Wildman–Crippen MR) is 45.9 cm³/mol. The number of nitrogens with one attached hydrogen (secondary N) is 1. The number of aliphatic hydroxyl groups is 1. The minimum Gasteiger partial charge on any atom is -0.395 e. The van der Waals surface area contributed by atoms with Crippen molar-refractivity contribution in [2.45, 2.75) is 16.3 Å². The van der Waals surface area contributed by atoms with Gasteiger partial charge in [0.2, 0.25) is 0 Å².